The first-order chi connectivity index (χ1) is 12.8. The summed E-state index contributed by atoms with van der Waals surface area (Å²) in [4.78, 5) is 37.1. The van der Waals surface area contributed by atoms with Crippen LogP contribution in [0.5, 0.6) is 0 Å². The molecule has 7 nitrogen and oxygen atoms in total. The van der Waals surface area contributed by atoms with Crippen molar-refractivity contribution < 1.29 is 14.0 Å². The summed E-state index contributed by atoms with van der Waals surface area (Å²) < 4.78 is 15.7. The van der Waals surface area contributed by atoms with Crippen molar-refractivity contribution in [1.29, 1.82) is 0 Å². The van der Waals surface area contributed by atoms with Gasteiger partial charge in [-0.25, -0.2) is 4.39 Å². The molecular formula is C19H19FN4O3. The minimum atomic E-state index is -0.672. The fourth-order valence-electron chi connectivity index (χ4n) is 3.08. The molecule has 0 unspecified atom stereocenters. The lowest BCUT2D eigenvalue weighted by molar-refractivity contribution is -0.123. The average Bonchev–Trinajstić information content (AvgIpc) is 2.97. The Morgan fingerprint density at radius 2 is 2.07 bits per heavy atom. The van der Waals surface area contributed by atoms with E-state index in [1.54, 1.807) is 17.0 Å². The van der Waals surface area contributed by atoms with Crippen molar-refractivity contribution in [3.63, 3.8) is 0 Å². The van der Waals surface area contributed by atoms with E-state index >= 15 is 0 Å². The highest BCUT2D eigenvalue weighted by atomic mass is 19.1. The molecule has 2 aromatic rings. The molecule has 2 amide bonds. The fourth-order valence-corrected chi connectivity index (χ4v) is 3.08. The second-order valence-electron chi connectivity index (χ2n) is 6.40. The van der Waals surface area contributed by atoms with Crippen LogP contribution in [0, 0.1) is 5.82 Å². The summed E-state index contributed by atoms with van der Waals surface area (Å²) in [6.45, 7) is 4.10. The van der Waals surface area contributed by atoms with Crippen LogP contribution in [0.1, 0.15) is 6.42 Å². The largest absolute Gasteiger partial charge is 0.368 e. The predicted molar refractivity (Wildman–Crippen MR) is 98.9 cm³/mol. The molecule has 0 saturated carbocycles. The summed E-state index contributed by atoms with van der Waals surface area (Å²) in [5.74, 6) is -1.67. The SMILES string of the molecule is C=C1C[C@H](C(N)=O)N(CC(=O)Nc2ccc(-n3ccccc3=O)cc2F)C1. The molecule has 2 heterocycles. The molecule has 1 saturated heterocycles. The summed E-state index contributed by atoms with van der Waals surface area (Å²) in [5.41, 5.74) is 6.20. The smallest absolute Gasteiger partial charge is 0.255 e. The Morgan fingerprint density at radius 3 is 2.74 bits per heavy atom. The second-order valence-corrected chi connectivity index (χ2v) is 6.40. The number of hydrogen-bond donors (Lipinski definition) is 2. The molecule has 0 aliphatic carbocycles. The molecule has 1 fully saturated rings. The molecule has 140 valence electrons. The number of amides is 2. The minimum Gasteiger partial charge on any atom is -0.368 e. The van der Waals surface area contributed by atoms with E-state index in [4.69, 9.17) is 5.73 Å². The Bertz CT molecular complexity index is 969. The van der Waals surface area contributed by atoms with Crippen molar-refractivity contribution in [1.82, 2.24) is 9.47 Å². The number of carbonyl (C=O) groups is 2. The van der Waals surface area contributed by atoms with Gasteiger partial charge in [-0.2, -0.15) is 0 Å². The van der Waals surface area contributed by atoms with Gasteiger partial charge in [-0.3, -0.25) is 23.9 Å². The number of nitrogens with two attached hydrogens (primary N) is 1. The van der Waals surface area contributed by atoms with Gasteiger partial charge in [-0.15, -0.1) is 0 Å². The molecule has 1 atom stereocenters. The first kappa shape index (κ1) is 18.5. The number of rotatable bonds is 5. The molecule has 8 heteroatoms. The number of nitrogens with one attached hydrogen (secondary N) is 1. The quantitative estimate of drug-likeness (QED) is 0.768. The highest BCUT2D eigenvalue weighted by Gasteiger charge is 2.32. The van der Waals surface area contributed by atoms with E-state index in [0.717, 1.165) is 5.57 Å². The maximum atomic E-state index is 14.4. The molecule has 3 rings (SSSR count). The molecular weight excluding hydrogens is 351 g/mol. The number of halogens is 1. The van der Waals surface area contributed by atoms with Crippen LogP contribution in [0.3, 0.4) is 0 Å². The van der Waals surface area contributed by atoms with Gasteiger partial charge in [0.2, 0.25) is 11.8 Å². The predicted octanol–water partition coefficient (Wildman–Crippen LogP) is 1.03. The van der Waals surface area contributed by atoms with Crippen LogP contribution >= 0.6 is 0 Å². The average molecular weight is 370 g/mol. The first-order valence-corrected chi connectivity index (χ1v) is 8.32. The number of pyridine rings is 1. The van der Waals surface area contributed by atoms with Gasteiger partial charge in [0.25, 0.3) is 5.56 Å². The first-order valence-electron chi connectivity index (χ1n) is 8.32. The van der Waals surface area contributed by atoms with Crippen LogP contribution in [0.2, 0.25) is 0 Å². The van der Waals surface area contributed by atoms with Gasteiger partial charge < -0.3 is 11.1 Å². The van der Waals surface area contributed by atoms with Crippen LogP contribution in [0.4, 0.5) is 10.1 Å². The summed E-state index contributed by atoms with van der Waals surface area (Å²) in [6.07, 6.45) is 1.94. The Kier molecular flexibility index (Phi) is 5.18. The minimum absolute atomic E-state index is 0.0126. The van der Waals surface area contributed by atoms with E-state index in [0.29, 0.717) is 18.7 Å². The third-order valence-electron chi connectivity index (χ3n) is 4.35. The highest BCUT2D eigenvalue weighted by molar-refractivity contribution is 5.93. The van der Waals surface area contributed by atoms with Crippen LogP contribution in [0.25, 0.3) is 5.69 Å². The molecule has 1 aliphatic heterocycles. The Morgan fingerprint density at radius 1 is 1.30 bits per heavy atom. The lowest BCUT2D eigenvalue weighted by Gasteiger charge is -2.20. The summed E-state index contributed by atoms with van der Waals surface area (Å²) in [6, 6.07) is 8.12. The zero-order valence-corrected chi connectivity index (χ0v) is 14.5. The second kappa shape index (κ2) is 7.55. The highest BCUT2D eigenvalue weighted by Crippen LogP contribution is 2.21. The number of nitrogens with zero attached hydrogens (tertiary/aromatic N) is 2. The van der Waals surface area contributed by atoms with Gasteiger partial charge in [-0.1, -0.05) is 18.2 Å². The zero-order chi connectivity index (χ0) is 19.6. The number of hydrogen-bond acceptors (Lipinski definition) is 4. The van der Waals surface area contributed by atoms with E-state index in [2.05, 4.69) is 11.9 Å². The molecule has 1 aliphatic rings. The lowest BCUT2D eigenvalue weighted by Crippen LogP contribution is -2.43. The lowest BCUT2D eigenvalue weighted by atomic mass is 10.2. The number of carbonyl (C=O) groups excluding carboxylic acids is 2. The van der Waals surface area contributed by atoms with Gasteiger partial charge in [-0.05, 0) is 24.6 Å². The van der Waals surface area contributed by atoms with Crippen molar-refractivity contribution in [3.05, 3.63) is 70.9 Å². The molecule has 3 N–H and O–H groups in total. The Balaban J connectivity index is 1.71. The third kappa shape index (κ3) is 4.12. The standard InChI is InChI=1S/C19H19FN4O3/c1-12-8-16(19(21)27)23(10-12)11-17(25)22-15-6-5-13(9-14(15)20)24-7-3-2-4-18(24)26/h2-7,9,16H,1,8,10-11H2,(H2,21,27)(H,22,25)/t16-/m1/s1. The number of anilines is 1. The molecule has 0 bridgehead atoms. The number of primary amides is 1. The van der Waals surface area contributed by atoms with E-state index in [-0.39, 0.29) is 17.8 Å². The summed E-state index contributed by atoms with van der Waals surface area (Å²) >= 11 is 0. The van der Waals surface area contributed by atoms with Gasteiger partial charge in [0.1, 0.15) is 5.82 Å². The zero-order valence-electron chi connectivity index (χ0n) is 14.5. The Hall–Kier alpha value is -3.26. The molecule has 1 aromatic heterocycles. The molecule has 0 radical (unpaired) electrons. The van der Waals surface area contributed by atoms with Crippen LogP contribution in [0.15, 0.2) is 59.5 Å². The van der Waals surface area contributed by atoms with Gasteiger partial charge >= 0.3 is 0 Å². The van der Waals surface area contributed by atoms with Crippen LogP contribution in [-0.2, 0) is 9.59 Å². The number of benzene rings is 1. The normalized spacial score (nSPS) is 17.1. The third-order valence-corrected chi connectivity index (χ3v) is 4.35. The maximum Gasteiger partial charge on any atom is 0.255 e. The summed E-state index contributed by atoms with van der Waals surface area (Å²) in [7, 11) is 0. The molecule has 0 spiro atoms. The van der Waals surface area contributed by atoms with Gasteiger partial charge in [0.15, 0.2) is 0 Å². The van der Waals surface area contributed by atoms with Crippen molar-refractivity contribution in [2.24, 2.45) is 5.73 Å². The van der Waals surface area contributed by atoms with Crippen LogP contribution < -0.4 is 16.6 Å². The van der Waals surface area contributed by atoms with Crippen molar-refractivity contribution in [2.45, 2.75) is 12.5 Å². The van der Waals surface area contributed by atoms with Crippen molar-refractivity contribution >= 4 is 17.5 Å². The summed E-state index contributed by atoms with van der Waals surface area (Å²) in [5, 5.41) is 2.48. The number of likely N-dealkylation sites (tertiary alicyclic amines) is 1. The van der Waals surface area contributed by atoms with Gasteiger partial charge in [0, 0.05) is 24.9 Å². The maximum absolute atomic E-state index is 14.4. The molecule has 27 heavy (non-hydrogen) atoms. The fraction of sp³-hybridized carbons (Fsp3) is 0.211. The van der Waals surface area contributed by atoms with Crippen LogP contribution in [-0.4, -0.2) is 40.4 Å². The van der Waals surface area contributed by atoms with Gasteiger partial charge in [0.05, 0.1) is 24.0 Å². The number of aromatic nitrogens is 1. The van der Waals surface area contributed by atoms with Crippen molar-refractivity contribution in [3.8, 4) is 5.69 Å². The van der Waals surface area contributed by atoms with Crippen molar-refractivity contribution in [2.75, 3.05) is 18.4 Å². The monoisotopic (exact) mass is 370 g/mol. The van der Waals surface area contributed by atoms with E-state index in [1.807, 2.05) is 0 Å². The van der Waals surface area contributed by atoms with E-state index in [1.165, 1.54) is 35.0 Å². The molecule has 1 aromatic carbocycles. The van der Waals surface area contributed by atoms with E-state index in [9.17, 15) is 18.8 Å². The Labute approximate surface area is 154 Å². The topological polar surface area (TPSA) is 97.4 Å². The van der Waals surface area contributed by atoms with E-state index < -0.39 is 23.7 Å².